The van der Waals surface area contributed by atoms with Crippen molar-refractivity contribution < 1.29 is 14.9 Å². The molecule has 4 rings (SSSR count). The Morgan fingerprint density at radius 1 is 1.48 bits per heavy atom. The van der Waals surface area contributed by atoms with Crippen molar-refractivity contribution in [2.75, 3.05) is 13.6 Å². The fourth-order valence-electron chi connectivity index (χ4n) is 5.67. The van der Waals surface area contributed by atoms with Gasteiger partial charge in [0.1, 0.15) is 6.10 Å². The number of aliphatic hydroxyl groups excluding tert-OH is 1. The third-order valence-corrected chi connectivity index (χ3v) is 6.71. The number of piperidine rings is 1. The minimum absolute atomic E-state index is 0.0601. The fourth-order valence-corrected chi connectivity index (χ4v) is 5.67. The average Bonchev–Trinajstić information content (AvgIpc) is 2.85. The number of aliphatic hydroxyl groups is 2. The molecule has 2 aliphatic carbocycles. The third-order valence-electron chi connectivity index (χ3n) is 6.71. The largest absolute Gasteiger partial charge is 0.505 e. The van der Waals surface area contributed by atoms with Gasteiger partial charge in [0.15, 0.2) is 11.5 Å². The zero-order valence-electron chi connectivity index (χ0n) is 13.9. The predicted octanol–water partition coefficient (Wildman–Crippen LogP) is 1.60. The van der Waals surface area contributed by atoms with Crippen molar-refractivity contribution >= 4 is 0 Å². The standard InChI is InChI=1S/C18H26N2O3/c1-4-11-9-13-18(22)6-5-12(19)16-17(18,7-8-20(13)3)14(11)15(23-16)10(2)21/h4,12-13,16,21-22H,2,5-9,19H2,1,3H3/b11-4-/t12-,13?,16-,17-,18+/m0/s1. The molecule has 0 aromatic carbocycles. The quantitative estimate of drug-likeness (QED) is 0.640. The minimum atomic E-state index is -0.862. The number of nitrogens with zero attached hydrogens (tertiary/aromatic N) is 1. The van der Waals surface area contributed by atoms with Gasteiger partial charge in [-0.2, -0.15) is 0 Å². The van der Waals surface area contributed by atoms with E-state index in [-0.39, 0.29) is 23.9 Å². The molecule has 1 saturated heterocycles. The number of rotatable bonds is 1. The van der Waals surface area contributed by atoms with Crippen LogP contribution in [0.15, 0.2) is 35.3 Å². The summed E-state index contributed by atoms with van der Waals surface area (Å²) in [6.45, 7) is 6.59. The zero-order chi connectivity index (χ0) is 16.6. The Hall–Kier alpha value is -1.30. The number of hydrogen-bond acceptors (Lipinski definition) is 5. The summed E-state index contributed by atoms with van der Waals surface area (Å²) in [4.78, 5) is 2.27. The molecule has 2 heterocycles. The minimum Gasteiger partial charge on any atom is -0.505 e. The van der Waals surface area contributed by atoms with E-state index in [0.29, 0.717) is 12.2 Å². The lowest BCUT2D eigenvalue weighted by atomic mass is 9.47. The van der Waals surface area contributed by atoms with Crippen LogP contribution in [0.5, 0.6) is 0 Å². The van der Waals surface area contributed by atoms with Crippen molar-refractivity contribution in [1.29, 1.82) is 0 Å². The first-order valence-corrected chi connectivity index (χ1v) is 8.50. The number of hydrogen-bond donors (Lipinski definition) is 3. The summed E-state index contributed by atoms with van der Waals surface area (Å²) >= 11 is 0. The zero-order valence-corrected chi connectivity index (χ0v) is 13.9. The highest BCUT2D eigenvalue weighted by atomic mass is 16.5. The summed E-state index contributed by atoms with van der Waals surface area (Å²) in [7, 11) is 2.09. The van der Waals surface area contributed by atoms with Gasteiger partial charge in [-0.05, 0) is 51.8 Å². The summed E-state index contributed by atoms with van der Waals surface area (Å²) < 4.78 is 6.15. The van der Waals surface area contributed by atoms with E-state index in [0.717, 1.165) is 37.0 Å². The van der Waals surface area contributed by atoms with Gasteiger partial charge in [-0.1, -0.05) is 12.7 Å². The van der Waals surface area contributed by atoms with Crippen LogP contribution in [0.25, 0.3) is 0 Å². The normalized spacial score (nSPS) is 47.5. The Morgan fingerprint density at radius 2 is 2.22 bits per heavy atom. The Bertz CT molecular complexity index is 640. The second-order valence-electron chi connectivity index (χ2n) is 7.55. The van der Waals surface area contributed by atoms with Crippen LogP contribution in [-0.2, 0) is 4.74 Å². The maximum Gasteiger partial charge on any atom is 0.165 e. The molecule has 126 valence electrons. The molecule has 2 bridgehead atoms. The molecular weight excluding hydrogens is 292 g/mol. The van der Waals surface area contributed by atoms with Crippen LogP contribution >= 0.6 is 0 Å². The Morgan fingerprint density at radius 3 is 2.87 bits per heavy atom. The number of allylic oxidation sites excluding steroid dienone is 1. The molecule has 0 amide bonds. The van der Waals surface area contributed by atoms with E-state index < -0.39 is 11.0 Å². The van der Waals surface area contributed by atoms with Gasteiger partial charge in [-0.3, -0.25) is 0 Å². The van der Waals surface area contributed by atoms with Gasteiger partial charge < -0.3 is 25.6 Å². The Labute approximate surface area is 137 Å². The van der Waals surface area contributed by atoms with E-state index >= 15 is 0 Å². The first-order valence-electron chi connectivity index (χ1n) is 8.50. The summed E-state index contributed by atoms with van der Waals surface area (Å²) in [6, 6.07) is -0.0708. The van der Waals surface area contributed by atoms with E-state index in [4.69, 9.17) is 10.5 Å². The number of likely N-dealkylation sites (N-methyl/N-ethyl adjacent to an activating group) is 1. The summed E-state index contributed by atoms with van der Waals surface area (Å²) in [5, 5.41) is 21.9. The summed E-state index contributed by atoms with van der Waals surface area (Å²) in [6.07, 6.45) is 4.76. The molecule has 4 aliphatic rings. The predicted molar refractivity (Wildman–Crippen MR) is 87.7 cm³/mol. The summed E-state index contributed by atoms with van der Waals surface area (Å²) in [5.41, 5.74) is 7.11. The van der Waals surface area contributed by atoms with Gasteiger partial charge in [-0.15, -0.1) is 0 Å². The van der Waals surface area contributed by atoms with Crippen molar-refractivity contribution in [3.8, 4) is 0 Å². The van der Waals surface area contributed by atoms with E-state index in [1.165, 1.54) is 0 Å². The Balaban J connectivity index is 2.01. The second-order valence-corrected chi connectivity index (χ2v) is 7.55. The van der Waals surface area contributed by atoms with Crippen molar-refractivity contribution in [2.45, 2.75) is 56.4 Å². The number of likely N-dealkylation sites (tertiary alicyclic amines) is 1. The van der Waals surface area contributed by atoms with Crippen molar-refractivity contribution in [3.05, 3.63) is 35.3 Å². The van der Waals surface area contributed by atoms with Crippen LogP contribution in [0.1, 0.15) is 32.6 Å². The molecule has 0 radical (unpaired) electrons. The number of ether oxygens (including phenoxy) is 1. The molecule has 5 heteroatoms. The summed E-state index contributed by atoms with van der Waals surface area (Å²) in [5.74, 6) is 0.386. The fraction of sp³-hybridized carbons (Fsp3) is 0.667. The van der Waals surface area contributed by atoms with Gasteiger partial charge in [0.2, 0.25) is 0 Å². The van der Waals surface area contributed by atoms with Crippen LogP contribution in [0, 0.1) is 5.41 Å². The van der Waals surface area contributed by atoms with Gasteiger partial charge in [0.05, 0.1) is 11.0 Å². The van der Waals surface area contributed by atoms with Crippen molar-refractivity contribution in [3.63, 3.8) is 0 Å². The molecule has 4 N–H and O–H groups in total. The van der Waals surface area contributed by atoms with Crippen molar-refractivity contribution in [2.24, 2.45) is 11.1 Å². The lowest BCUT2D eigenvalue weighted by Gasteiger charge is -2.64. The van der Waals surface area contributed by atoms with E-state index in [2.05, 4.69) is 24.6 Å². The van der Waals surface area contributed by atoms with Crippen LogP contribution in [-0.4, -0.2) is 52.5 Å². The topological polar surface area (TPSA) is 79.0 Å². The maximum atomic E-state index is 11.8. The molecule has 5 nitrogen and oxygen atoms in total. The average molecular weight is 318 g/mol. The first kappa shape index (κ1) is 15.2. The number of nitrogens with two attached hydrogens (primary N) is 1. The smallest absolute Gasteiger partial charge is 0.165 e. The molecule has 2 saturated carbocycles. The van der Waals surface area contributed by atoms with Crippen LogP contribution in [0.4, 0.5) is 0 Å². The first-order chi connectivity index (χ1) is 10.9. The van der Waals surface area contributed by atoms with Crippen LogP contribution < -0.4 is 5.73 Å². The molecule has 0 aromatic heterocycles. The van der Waals surface area contributed by atoms with Gasteiger partial charge in [0.25, 0.3) is 0 Å². The lowest BCUT2D eigenvalue weighted by Crippen LogP contribution is -2.75. The van der Waals surface area contributed by atoms with E-state index in [9.17, 15) is 10.2 Å². The molecule has 3 fully saturated rings. The molecular formula is C18H26N2O3. The van der Waals surface area contributed by atoms with E-state index in [1.54, 1.807) is 0 Å². The molecule has 0 aromatic rings. The SMILES string of the molecule is C=C(O)C1=C2/C(=C\C)CC3N(C)CC[C@@]24[C@@H](O1)[C@@H](N)CC[C@@]34O. The monoisotopic (exact) mass is 318 g/mol. The maximum absolute atomic E-state index is 11.8. The van der Waals surface area contributed by atoms with Crippen molar-refractivity contribution in [1.82, 2.24) is 4.90 Å². The highest BCUT2D eigenvalue weighted by Crippen LogP contribution is 2.66. The van der Waals surface area contributed by atoms with E-state index in [1.807, 2.05) is 6.92 Å². The highest BCUT2D eigenvalue weighted by molar-refractivity contribution is 5.54. The van der Waals surface area contributed by atoms with Gasteiger partial charge in [0, 0.05) is 17.7 Å². The molecule has 5 atom stereocenters. The van der Waals surface area contributed by atoms with Gasteiger partial charge >= 0.3 is 0 Å². The third kappa shape index (κ3) is 1.58. The molecule has 23 heavy (non-hydrogen) atoms. The van der Waals surface area contributed by atoms with Crippen LogP contribution in [0.3, 0.4) is 0 Å². The second kappa shape index (κ2) is 4.62. The Kier molecular flexibility index (Phi) is 3.06. The highest BCUT2D eigenvalue weighted by Gasteiger charge is 2.72. The lowest BCUT2D eigenvalue weighted by molar-refractivity contribution is -0.212. The molecule has 1 unspecified atom stereocenters. The van der Waals surface area contributed by atoms with Gasteiger partial charge in [-0.25, -0.2) is 0 Å². The molecule has 2 aliphatic heterocycles. The van der Waals surface area contributed by atoms with Crippen LogP contribution in [0.2, 0.25) is 0 Å². The molecule has 1 spiro atoms.